The van der Waals surface area contributed by atoms with Crippen molar-refractivity contribution in [1.82, 2.24) is 9.62 Å². The molecule has 8 heteroatoms. The number of carbonyl (C=O) groups is 1. The van der Waals surface area contributed by atoms with Crippen molar-refractivity contribution in [3.05, 3.63) is 24.3 Å². The molecule has 1 rings (SSSR count). The molecule has 0 spiro atoms. The van der Waals surface area contributed by atoms with E-state index in [2.05, 4.69) is 10.0 Å². The molecule has 0 atom stereocenters. The minimum atomic E-state index is -3.54. The van der Waals surface area contributed by atoms with Gasteiger partial charge in [-0.25, -0.2) is 17.9 Å². The Balaban J connectivity index is 2.79. The lowest BCUT2D eigenvalue weighted by Crippen LogP contribution is -2.29. The van der Waals surface area contributed by atoms with Gasteiger partial charge in [0.2, 0.25) is 10.0 Å². The average Bonchev–Trinajstić information content (AvgIpc) is 2.37. The maximum atomic E-state index is 11.8. The second-order valence-corrected chi connectivity index (χ2v) is 5.80. The van der Waals surface area contributed by atoms with Crippen LogP contribution in [-0.4, -0.2) is 46.5 Å². The molecule has 106 valence electrons. The minimum Gasteiger partial charge on any atom is -0.331 e. The quantitative estimate of drug-likeness (QED) is 0.709. The predicted octanol–water partition coefficient (Wildman–Crippen LogP) is 0.0171. The zero-order chi connectivity index (χ0) is 14.5. The van der Waals surface area contributed by atoms with Crippen LogP contribution in [0.4, 0.5) is 10.5 Å². The Kier molecular flexibility index (Phi) is 5.28. The van der Waals surface area contributed by atoms with E-state index in [1.54, 1.807) is 14.1 Å². The summed E-state index contributed by atoms with van der Waals surface area (Å²) < 4.78 is 25.9. The number of carbonyl (C=O) groups excluding carboxylic acids is 1. The fraction of sp³-hybridized carbons (Fsp3) is 0.364. The lowest BCUT2D eigenvalue weighted by molar-refractivity contribution is 0.230. The van der Waals surface area contributed by atoms with E-state index >= 15 is 0 Å². The lowest BCUT2D eigenvalue weighted by Gasteiger charge is -2.12. The number of rotatable bonds is 5. The normalized spacial score (nSPS) is 11.1. The van der Waals surface area contributed by atoms with Crippen molar-refractivity contribution in [1.29, 1.82) is 0 Å². The van der Waals surface area contributed by atoms with Crippen molar-refractivity contribution < 1.29 is 13.2 Å². The van der Waals surface area contributed by atoms with Crippen LogP contribution in [0.2, 0.25) is 0 Å². The van der Waals surface area contributed by atoms with Crippen molar-refractivity contribution in [2.24, 2.45) is 5.73 Å². The SMILES string of the molecule is CN(C)C(=O)Nc1ccc(S(=O)(=O)NCCN)cc1. The maximum absolute atomic E-state index is 11.8. The molecule has 0 heterocycles. The second-order valence-electron chi connectivity index (χ2n) is 4.04. The molecular weight excluding hydrogens is 268 g/mol. The van der Waals surface area contributed by atoms with Crippen LogP contribution in [0, 0.1) is 0 Å². The Morgan fingerprint density at radius 2 is 1.84 bits per heavy atom. The van der Waals surface area contributed by atoms with E-state index in [9.17, 15) is 13.2 Å². The van der Waals surface area contributed by atoms with Gasteiger partial charge in [-0.3, -0.25) is 0 Å². The van der Waals surface area contributed by atoms with E-state index in [1.165, 1.54) is 29.2 Å². The monoisotopic (exact) mass is 286 g/mol. The molecule has 4 N–H and O–H groups in total. The van der Waals surface area contributed by atoms with Crippen LogP contribution in [0.3, 0.4) is 0 Å². The molecule has 0 aromatic heterocycles. The van der Waals surface area contributed by atoms with E-state index in [1.807, 2.05) is 0 Å². The van der Waals surface area contributed by atoms with Crippen LogP contribution < -0.4 is 15.8 Å². The van der Waals surface area contributed by atoms with Gasteiger partial charge < -0.3 is 16.0 Å². The standard InChI is InChI=1S/C11H18N4O3S/c1-15(2)11(16)14-9-3-5-10(6-4-9)19(17,18)13-8-7-12/h3-6,13H,7-8,12H2,1-2H3,(H,14,16). The molecule has 0 aliphatic rings. The number of nitrogens with zero attached hydrogens (tertiary/aromatic N) is 1. The largest absolute Gasteiger partial charge is 0.331 e. The molecule has 7 nitrogen and oxygen atoms in total. The fourth-order valence-electron chi connectivity index (χ4n) is 1.23. The van der Waals surface area contributed by atoms with Crippen molar-refractivity contribution >= 4 is 21.7 Å². The van der Waals surface area contributed by atoms with Crippen LogP contribution in [0.1, 0.15) is 0 Å². The number of hydrogen-bond acceptors (Lipinski definition) is 4. The Morgan fingerprint density at radius 1 is 1.26 bits per heavy atom. The van der Waals surface area contributed by atoms with E-state index < -0.39 is 10.0 Å². The highest BCUT2D eigenvalue weighted by Gasteiger charge is 2.13. The predicted molar refractivity (Wildman–Crippen MR) is 73.4 cm³/mol. The number of urea groups is 1. The second kappa shape index (κ2) is 6.50. The zero-order valence-electron chi connectivity index (χ0n) is 10.9. The summed E-state index contributed by atoms with van der Waals surface area (Å²) in [5.74, 6) is 0. The van der Waals surface area contributed by atoms with Gasteiger partial charge in [0, 0.05) is 32.9 Å². The van der Waals surface area contributed by atoms with Crippen LogP contribution in [0.5, 0.6) is 0 Å². The van der Waals surface area contributed by atoms with Crippen LogP contribution >= 0.6 is 0 Å². The van der Waals surface area contributed by atoms with Gasteiger partial charge >= 0.3 is 6.03 Å². The number of sulfonamides is 1. The Morgan fingerprint density at radius 3 is 2.32 bits per heavy atom. The number of nitrogens with one attached hydrogen (secondary N) is 2. The van der Waals surface area contributed by atoms with Gasteiger partial charge in [-0.15, -0.1) is 0 Å². The molecule has 19 heavy (non-hydrogen) atoms. The van der Waals surface area contributed by atoms with Crippen molar-refractivity contribution in [2.45, 2.75) is 4.90 Å². The fourth-order valence-corrected chi connectivity index (χ4v) is 2.28. The summed E-state index contributed by atoms with van der Waals surface area (Å²) >= 11 is 0. The number of benzene rings is 1. The summed E-state index contributed by atoms with van der Waals surface area (Å²) in [5.41, 5.74) is 5.77. The number of nitrogens with two attached hydrogens (primary N) is 1. The van der Waals surface area contributed by atoms with Gasteiger partial charge in [0.25, 0.3) is 0 Å². The molecule has 0 saturated heterocycles. The molecule has 0 unspecified atom stereocenters. The third-order valence-corrected chi connectivity index (χ3v) is 3.74. The molecule has 0 radical (unpaired) electrons. The van der Waals surface area contributed by atoms with Crippen molar-refractivity contribution in [3.63, 3.8) is 0 Å². The summed E-state index contributed by atoms with van der Waals surface area (Å²) in [6, 6.07) is 5.61. The molecule has 0 fully saturated rings. The highest BCUT2D eigenvalue weighted by atomic mass is 32.2. The topological polar surface area (TPSA) is 105 Å². The zero-order valence-corrected chi connectivity index (χ0v) is 11.7. The highest BCUT2D eigenvalue weighted by molar-refractivity contribution is 7.89. The molecule has 2 amide bonds. The van der Waals surface area contributed by atoms with E-state index in [4.69, 9.17) is 5.73 Å². The molecule has 1 aromatic rings. The number of amides is 2. The molecular formula is C11H18N4O3S. The number of hydrogen-bond donors (Lipinski definition) is 3. The first-order valence-corrected chi connectivity index (χ1v) is 7.13. The summed E-state index contributed by atoms with van der Waals surface area (Å²) in [6.07, 6.45) is 0. The molecule has 1 aromatic carbocycles. The minimum absolute atomic E-state index is 0.129. The van der Waals surface area contributed by atoms with E-state index in [-0.39, 0.29) is 24.0 Å². The van der Waals surface area contributed by atoms with Gasteiger partial charge in [0.1, 0.15) is 0 Å². The summed E-state index contributed by atoms with van der Waals surface area (Å²) in [6.45, 7) is 0.414. The van der Waals surface area contributed by atoms with Gasteiger partial charge in [-0.05, 0) is 24.3 Å². The lowest BCUT2D eigenvalue weighted by atomic mass is 10.3. The van der Waals surface area contributed by atoms with E-state index in [0.29, 0.717) is 5.69 Å². The molecule has 0 aliphatic carbocycles. The summed E-state index contributed by atoms with van der Waals surface area (Å²) in [5, 5.41) is 2.61. The summed E-state index contributed by atoms with van der Waals surface area (Å²) in [7, 11) is -0.305. The first-order chi connectivity index (χ1) is 8.86. The van der Waals surface area contributed by atoms with Crippen molar-refractivity contribution in [2.75, 3.05) is 32.5 Å². The third kappa shape index (κ3) is 4.51. The molecule has 0 aliphatic heterocycles. The maximum Gasteiger partial charge on any atom is 0.321 e. The molecule has 0 saturated carbocycles. The van der Waals surface area contributed by atoms with Crippen molar-refractivity contribution in [3.8, 4) is 0 Å². The number of anilines is 1. The average molecular weight is 286 g/mol. The first-order valence-electron chi connectivity index (χ1n) is 5.65. The van der Waals surface area contributed by atoms with Gasteiger partial charge in [0.05, 0.1) is 4.90 Å². The van der Waals surface area contributed by atoms with Gasteiger partial charge in [-0.2, -0.15) is 0 Å². The Hall–Kier alpha value is -1.64. The van der Waals surface area contributed by atoms with Gasteiger partial charge in [-0.1, -0.05) is 0 Å². The van der Waals surface area contributed by atoms with Crippen LogP contribution in [0.25, 0.3) is 0 Å². The van der Waals surface area contributed by atoms with Crippen LogP contribution in [-0.2, 0) is 10.0 Å². The van der Waals surface area contributed by atoms with E-state index in [0.717, 1.165) is 0 Å². The Bertz CT molecular complexity index is 525. The highest BCUT2D eigenvalue weighted by Crippen LogP contribution is 2.14. The Labute approximate surface area is 112 Å². The third-order valence-electron chi connectivity index (χ3n) is 2.26. The van der Waals surface area contributed by atoms with Gasteiger partial charge in [0.15, 0.2) is 0 Å². The smallest absolute Gasteiger partial charge is 0.321 e. The molecule has 0 bridgehead atoms. The van der Waals surface area contributed by atoms with Crippen LogP contribution in [0.15, 0.2) is 29.2 Å². The first kappa shape index (κ1) is 15.4. The summed E-state index contributed by atoms with van der Waals surface area (Å²) in [4.78, 5) is 12.9.